The smallest absolute Gasteiger partial charge is 0.102 e. The highest BCUT2D eigenvalue weighted by Gasteiger charge is 2.25. The third kappa shape index (κ3) is 2.15. The molecule has 4 heteroatoms. The van der Waals surface area contributed by atoms with Crippen molar-refractivity contribution in [3.63, 3.8) is 0 Å². The van der Waals surface area contributed by atoms with Gasteiger partial charge < -0.3 is 5.73 Å². The first-order valence-corrected chi connectivity index (χ1v) is 7.82. The third-order valence-corrected chi connectivity index (χ3v) is 4.91. The van der Waals surface area contributed by atoms with Gasteiger partial charge >= 0.3 is 0 Å². The lowest BCUT2D eigenvalue weighted by atomic mass is 10.0. The Morgan fingerprint density at radius 3 is 2.80 bits per heavy atom. The van der Waals surface area contributed by atoms with Crippen molar-refractivity contribution < 1.29 is 0 Å². The number of nitrogens with zero attached hydrogens (tertiary/aromatic N) is 2. The van der Waals surface area contributed by atoms with Gasteiger partial charge in [-0.3, -0.25) is 4.68 Å². The molecule has 2 N–H and O–H groups in total. The molecule has 20 heavy (non-hydrogen) atoms. The van der Waals surface area contributed by atoms with Crippen molar-refractivity contribution in [1.29, 1.82) is 0 Å². The Bertz CT molecular complexity index is 713. The molecule has 3 rings (SSSR count). The molecule has 0 spiro atoms. The molecule has 2 heterocycles. The molecular weight excluding hydrogens is 266 g/mol. The molecule has 0 radical (unpaired) electrons. The van der Waals surface area contributed by atoms with E-state index in [9.17, 15) is 0 Å². The quantitative estimate of drug-likeness (QED) is 0.793. The Balaban J connectivity index is 2.17. The lowest BCUT2D eigenvalue weighted by molar-refractivity contribution is 0.439. The van der Waals surface area contributed by atoms with Gasteiger partial charge in [0.1, 0.15) is 6.04 Å². The summed E-state index contributed by atoms with van der Waals surface area (Å²) < 4.78 is 2.09. The second-order valence-corrected chi connectivity index (χ2v) is 6.08. The normalized spacial score (nSPS) is 14.6. The Kier molecular flexibility index (Phi) is 3.59. The predicted molar refractivity (Wildman–Crippen MR) is 85.2 cm³/mol. The summed E-state index contributed by atoms with van der Waals surface area (Å²) >= 11 is 1.77. The molecule has 0 aliphatic carbocycles. The van der Waals surface area contributed by atoms with Crippen LogP contribution in [-0.4, -0.2) is 15.8 Å². The number of benzene rings is 1. The topological polar surface area (TPSA) is 43.8 Å². The van der Waals surface area contributed by atoms with Crippen LogP contribution in [0.15, 0.2) is 41.9 Å². The van der Waals surface area contributed by atoms with Crippen LogP contribution < -0.4 is 5.73 Å². The summed E-state index contributed by atoms with van der Waals surface area (Å²) in [6.45, 7) is 4.28. The van der Waals surface area contributed by atoms with Gasteiger partial charge in [-0.2, -0.15) is 5.10 Å². The maximum atomic E-state index is 6.41. The van der Waals surface area contributed by atoms with Gasteiger partial charge in [0.25, 0.3) is 0 Å². The van der Waals surface area contributed by atoms with Crippen molar-refractivity contribution in [2.24, 2.45) is 5.73 Å². The van der Waals surface area contributed by atoms with Crippen molar-refractivity contribution in [3.05, 3.63) is 52.3 Å². The minimum atomic E-state index is 0.0654. The van der Waals surface area contributed by atoms with Gasteiger partial charge in [-0.1, -0.05) is 25.1 Å². The van der Waals surface area contributed by atoms with Crippen LogP contribution in [0.2, 0.25) is 0 Å². The molecular formula is C16H19N3S. The fourth-order valence-corrected chi connectivity index (χ4v) is 3.70. The number of hydrogen-bond acceptors (Lipinski definition) is 3. The van der Waals surface area contributed by atoms with Gasteiger partial charge in [0, 0.05) is 16.3 Å². The zero-order valence-corrected chi connectivity index (χ0v) is 12.6. The average Bonchev–Trinajstić information content (AvgIpc) is 3.07. The van der Waals surface area contributed by atoms with Crippen LogP contribution in [0, 0.1) is 6.92 Å². The number of para-hydroxylation sites is 1. The van der Waals surface area contributed by atoms with Crippen LogP contribution in [0.1, 0.15) is 29.8 Å². The van der Waals surface area contributed by atoms with Gasteiger partial charge in [-0.05, 0) is 36.4 Å². The van der Waals surface area contributed by atoms with Crippen LogP contribution >= 0.6 is 11.3 Å². The van der Waals surface area contributed by atoms with Crippen LogP contribution in [0.3, 0.4) is 0 Å². The Hall–Kier alpha value is -1.65. The van der Waals surface area contributed by atoms with E-state index < -0.39 is 0 Å². The van der Waals surface area contributed by atoms with Crippen molar-refractivity contribution in [1.82, 2.24) is 9.78 Å². The summed E-state index contributed by atoms with van der Waals surface area (Å²) in [5.74, 6) is 0. The molecule has 2 atom stereocenters. The molecule has 0 saturated heterocycles. The molecule has 104 valence electrons. The SMILES string of the molecule is CCC(N)C(c1sccc1C)n1ncc2ccccc21. The van der Waals surface area contributed by atoms with Crippen LogP contribution in [0.25, 0.3) is 10.9 Å². The largest absolute Gasteiger partial charge is 0.326 e. The molecule has 0 aliphatic rings. The zero-order valence-electron chi connectivity index (χ0n) is 11.8. The van der Waals surface area contributed by atoms with E-state index in [0.29, 0.717) is 0 Å². The predicted octanol–water partition coefficient (Wildman–Crippen LogP) is 3.73. The van der Waals surface area contributed by atoms with Gasteiger partial charge in [0.2, 0.25) is 0 Å². The molecule has 1 aromatic carbocycles. The molecule has 0 amide bonds. The highest BCUT2D eigenvalue weighted by atomic mass is 32.1. The maximum Gasteiger partial charge on any atom is 0.102 e. The summed E-state index contributed by atoms with van der Waals surface area (Å²) in [4.78, 5) is 1.31. The number of thiophene rings is 1. The lowest BCUT2D eigenvalue weighted by Gasteiger charge is -2.24. The Morgan fingerprint density at radius 2 is 2.10 bits per heavy atom. The molecule has 0 fully saturated rings. The molecule has 3 nitrogen and oxygen atoms in total. The van der Waals surface area contributed by atoms with Crippen molar-refractivity contribution in [3.8, 4) is 0 Å². The number of rotatable bonds is 4. The Morgan fingerprint density at radius 1 is 1.30 bits per heavy atom. The minimum Gasteiger partial charge on any atom is -0.326 e. The van der Waals surface area contributed by atoms with E-state index >= 15 is 0 Å². The average molecular weight is 285 g/mol. The number of hydrogen-bond donors (Lipinski definition) is 1. The monoisotopic (exact) mass is 285 g/mol. The molecule has 0 saturated carbocycles. The van der Waals surface area contributed by atoms with Crippen molar-refractivity contribution >= 4 is 22.2 Å². The van der Waals surface area contributed by atoms with Crippen molar-refractivity contribution in [2.45, 2.75) is 32.4 Å². The second kappa shape index (κ2) is 5.38. The van der Waals surface area contributed by atoms with E-state index in [-0.39, 0.29) is 12.1 Å². The molecule has 3 aromatic rings. The van der Waals surface area contributed by atoms with E-state index in [1.807, 2.05) is 12.3 Å². The lowest BCUT2D eigenvalue weighted by Crippen LogP contribution is -2.33. The van der Waals surface area contributed by atoms with Crippen LogP contribution in [-0.2, 0) is 0 Å². The molecule has 0 aliphatic heterocycles. The zero-order chi connectivity index (χ0) is 14.1. The van der Waals surface area contributed by atoms with Gasteiger partial charge in [-0.25, -0.2) is 0 Å². The third-order valence-electron chi connectivity index (χ3n) is 3.82. The number of aryl methyl sites for hydroxylation is 1. The van der Waals surface area contributed by atoms with E-state index in [1.165, 1.54) is 10.4 Å². The number of aromatic nitrogens is 2. The van der Waals surface area contributed by atoms with Gasteiger partial charge in [-0.15, -0.1) is 11.3 Å². The summed E-state index contributed by atoms with van der Waals surface area (Å²) in [5, 5.41) is 7.90. The first-order valence-electron chi connectivity index (χ1n) is 6.94. The number of fused-ring (bicyclic) bond motifs is 1. The molecule has 2 unspecified atom stereocenters. The van der Waals surface area contributed by atoms with Crippen LogP contribution in [0.4, 0.5) is 0 Å². The van der Waals surface area contributed by atoms with E-state index in [0.717, 1.165) is 17.3 Å². The summed E-state index contributed by atoms with van der Waals surface area (Å²) in [5.41, 5.74) is 8.85. The standard InChI is InChI=1S/C16H19N3S/c1-3-13(17)15(16-11(2)8-9-20-16)19-14-7-5-4-6-12(14)10-18-19/h4-10,13,15H,3,17H2,1-2H3. The summed E-state index contributed by atoms with van der Waals surface area (Å²) in [6, 6.07) is 10.6. The second-order valence-electron chi connectivity index (χ2n) is 5.13. The highest BCUT2D eigenvalue weighted by molar-refractivity contribution is 7.10. The Labute approximate surface area is 123 Å². The number of nitrogens with two attached hydrogens (primary N) is 1. The van der Waals surface area contributed by atoms with Crippen molar-refractivity contribution in [2.75, 3.05) is 0 Å². The van der Waals surface area contributed by atoms with Gasteiger partial charge in [0.15, 0.2) is 0 Å². The fraction of sp³-hybridized carbons (Fsp3) is 0.312. The molecule has 0 bridgehead atoms. The summed E-state index contributed by atoms with van der Waals surface area (Å²) in [6.07, 6.45) is 2.85. The first-order chi connectivity index (χ1) is 9.72. The van der Waals surface area contributed by atoms with E-state index in [1.54, 1.807) is 11.3 Å². The minimum absolute atomic E-state index is 0.0654. The first kappa shape index (κ1) is 13.3. The van der Waals surface area contributed by atoms with Gasteiger partial charge in [0.05, 0.1) is 11.7 Å². The van der Waals surface area contributed by atoms with E-state index in [4.69, 9.17) is 5.73 Å². The summed E-state index contributed by atoms with van der Waals surface area (Å²) in [7, 11) is 0. The highest BCUT2D eigenvalue weighted by Crippen LogP contribution is 2.32. The molecule has 2 aromatic heterocycles. The maximum absolute atomic E-state index is 6.41. The van der Waals surface area contributed by atoms with Crippen LogP contribution in [0.5, 0.6) is 0 Å². The van der Waals surface area contributed by atoms with E-state index in [2.05, 4.69) is 53.3 Å². The fourth-order valence-electron chi connectivity index (χ4n) is 2.61.